The van der Waals surface area contributed by atoms with E-state index < -0.39 is 0 Å². The van der Waals surface area contributed by atoms with Crippen LogP contribution in [0.25, 0.3) is 44.4 Å². The molecule has 0 fully saturated rings. The minimum atomic E-state index is 0. The Morgan fingerprint density at radius 2 is 1.53 bits per heavy atom. The van der Waals surface area contributed by atoms with E-state index in [1.54, 1.807) is 0 Å². The Labute approximate surface area is 329 Å². The fourth-order valence-electron chi connectivity index (χ4n) is 7.70. The van der Waals surface area contributed by atoms with Crippen molar-refractivity contribution in [3.63, 3.8) is 0 Å². The molecule has 5 nitrogen and oxygen atoms in total. The van der Waals surface area contributed by atoms with E-state index in [2.05, 4.69) is 150 Å². The maximum Gasteiger partial charge on any atom is 2.00 e. The zero-order valence-corrected chi connectivity index (χ0v) is 34.1. The first-order valence-electron chi connectivity index (χ1n) is 18.8. The van der Waals surface area contributed by atoms with E-state index >= 15 is 0 Å². The number of para-hydroxylation sites is 1. The van der Waals surface area contributed by atoms with Crippen LogP contribution in [0.4, 0.5) is 0 Å². The van der Waals surface area contributed by atoms with Crippen LogP contribution in [-0.4, -0.2) is 19.3 Å². The molecule has 0 atom stereocenters. The van der Waals surface area contributed by atoms with Gasteiger partial charge in [0.05, 0.1) is 5.69 Å². The number of fused-ring (bicyclic) bond motifs is 3. The zero-order chi connectivity index (χ0) is 36.7. The third-order valence-electron chi connectivity index (χ3n) is 10.1. The molecule has 3 heterocycles. The smallest absolute Gasteiger partial charge is 0.509 e. The third kappa shape index (κ3) is 7.63. The summed E-state index contributed by atoms with van der Waals surface area (Å²) in [7, 11) is 0. The second kappa shape index (κ2) is 15.9. The van der Waals surface area contributed by atoms with E-state index in [4.69, 9.17) is 14.8 Å². The predicted molar refractivity (Wildman–Crippen MR) is 216 cm³/mol. The molecule has 6 heteroatoms. The summed E-state index contributed by atoms with van der Waals surface area (Å²) in [6, 6.07) is 33.1. The number of hydrogen-bond acceptors (Lipinski definition) is 3. The molecule has 0 aliphatic rings. The quantitative estimate of drug-likeness (QED) is 0.0968. The fraction of sp³-hybridized carbons (Fsp3) is 0.319. The first-order chi connectivity index (χ1) is 25.0. The van der Waals surface area contributed by atoms with Gasteiger partial charge in [-0.25, -0.2) is 4.98 Å². The number of hydrogen-bond donors (Lipinski definition) is 0. The summed E-state index contributed by atoms with van der Waals surface area (Å²) in [4.78, 5) is 4.82. The van der Waals surface area contributed by atoms with Crippen LogP contribution in [-0.2, 0) is 33.3 Å². The summed E-state index contributed by atoms with van der Waals surface area (Å²) in [5.41, 5.74) is 14.0. The number of ether oxygens (including phenoxy) is 1. The largest absolute Gasteiger partial charge is 2.00 e. The Hall–Kier alpha value is -4.50. The van der Waals surface area contributed by atoms with Gasteiger partial charge in [-0.05, 0) is 110 Å². The van der Waals surface area contributed by atoms with E-state index in [0.717, 1.165) is 64.7 Å². The number of aryl methyl sites for hydroxylation is 5. The molecule has 0 saturated heterocycles. The van der Waals surface area contributed by atoms with Gasteiger partial charge in [0, 0.05) is 34.5 Å². The summed E-state index contributed by atoms with van der Waals surface area (Å²) in [5.74, 6) is 3.01. The van der Waals surface area contributed by atoms with Crippen LogP contribution in [0.3, 0.4) is 0 Å². The van der Waals surface area contributed by atoms with Crippen LogP contribution in [0.1, 0.15) is 92.6 Å². The van der Waals surface area contributed by atoms with E-state index in [1.165, 1.54) is 44.6 Å². The maximum atomic E-state index is 6.71. The minimum Gasteiger partial charge on any atom is -0.509 e. The molecular formula is C47H50N4OPd. The molecule has 0 radical (unpaired) electrons. The van der Waals surface area contributed by atoms with Crippen molar-refractivity contribution in [1.29, 1.82) is 0 Å². The van der Waals surface area contributed by atoms with Crippen molar-refractivity contribution in [3.8, 4) is 34.1 Å². The molecule has 0 saturated carbocycles. The summed E-state index contributed by atoms with van der Waals surface area (Å²) in [5, 5.41) is 7.51. The molecule has 4 aromatic carbocycles. The van der Waals surface area contributed by atoms with E-state index in [0.29, 0.717) is 17.4 Å². The van der Waals surface area contributed by atoms with Crippen LogP contribution in [0.2, 0.25) is 0 Å². The van der Waals surface area contributed by atoms with Crippen LogP contribution < -0.4 is 4.74 Å². The molecule has 7 aromatic rings. The van der Waals surface area contributed by atoms with Crippen LogP contribution in [0.15, 0.2) is 79.0 Å². The van der Waals surface area contributed by atoms with Crippen LogP contribution in [0.5, 0.6) is 11.5 Å². The molecule has 0 bridgehead atoms. The second-order valence-corrected chi connectivity index (χ2v) is 15.2. The van der Waals surface area contributed by atoms with Gasteiger partial charge in [0.15, 0.2) is 0 Å². The summed E-state index contributed by atoms with van der Waals surface area (Å²) in [6.45, 7) is 20.0. The molecule has 0 spiro atoms. The average molecular weight is 793 g/mol. The normalized spacial score (nSPS) is 11.6. The third-order valence-corrected chi connectivity index (χ3v) is 10.1. The minimum absolute atomic E-state index is 0. The molecule has 274 valence electrons. The molecule has 0 aliphatic heterocycles. The van der Waals surface area contributed by atoms with Gasteiger partial charge in [-0.1, -0.05) is 82.5 Å². The second-order valence-electron chi connectivity index (χ2n) is 15.2. The van der Waals surface area contributed by atoms with E-state index in [-0.39, 0.29) is 26.3 Å². The molecule has 0 aliphatic carbocycles. The van der Waals surface area contributed by atoms with E-state index in [1.807, 2.05) is 12.3 Å². The van der Waals surface area contributed by atoms with Crippen molar-refractivity contribution in [2.75, 3.05) is 0 Å². The number of nitrogens with zero attached hydrogens (tertiary/aromatic N) is 4. The number of pyridine rings is 1. The van der Waals surface area contributed by atoms with Crippen molar-refractivity contribution in [2.24, 2.45) is 5.92 Å². The molecule has 3 aromatic heterocycles. The van der Waals surface area contributed by atoms with Gasteiger partial charge in [-0.15, -0.1) is 41.3 Å². The van der Waals surface area contributed by atoms with Gasteiger partial charge < -0.3 is 9.30 Å². The van der Waals surface area contributed by atoms with Gasteiger partial charge in [-0.2, -0.15) is 11.2 Å². The van der Waals surface area contributed by atoms with Crippen molar-refractivity contribution >= 4 is 21.8 Å². The Bertz CT molecular complexity index is 2390. The van der Waals surface area contributed by atoms with E-state index in [9.17, 15) is 0 Å². The van der Waals surface area contributed by atoms with Gasteiger partial charge >= 0.3 is 20.4 Å². The van der Waals surface area contributed by atoms with Crippen LogP contribution >= 0.6 is 0 Å². The Kier molecular flexibility index (Phi) is 11.4. The molecule has 7 rings (SSSR count). The summed E-state index contributed by atoms with van der Waals surface area (Å²) in [6.07, 6.45) is 5.98. The van der Waals surface area contributed by atoms with Gasteiger partial charge in [0.2, 0.25) is 0 Å². The van der Waals surface area contributed by atoms with Gasteiger partial charge in [-0.3, -0.25) is 4.68 Å². The zero-order valence-electron chi connectivity index (χ0n) is 32.5. The average Bonchev–Trinajstić information content (AvgIpc) is 3.61. The van der Waals surface area contributed by atoms with Crippen LogP contribution in [0, 0.1) is 45.7 Å². The standard InChI is InChI=1S/C47H50N4O.Pd/c1-10-13-35-20-21-48-45(24-35)50-42-15-12-11-14-40(42)41-18-17-38(28-44(41)50)52-39-26-36(30(4)5)25-37(27-39)51-43(19-16-29(2)3)47(34(9)49-51)46-32(7)22-31(6)23-33(46)8;/h11-12,14-15,17-18,20-26,29-30H,10,13,16,19H2,1-9H3;/q-2;+2. The van der Waals surface area contributed by atoms with Crippen molar-refractivity contribution in [2.45, 2.75) is 93.9 Å². The molecule has 0 N–H and O–H groups in total. The maximum absolute atomic E-state index is 6.71. The Morgan fingerprint density at radius 3 is 2.25 bits per heavy atom. The number of benzene rings is 4. The number of rotatable bonds is 11. The molecule has 0 amide bonds. The summed E-state index contributed by atoms with van der Waals surface area (Å²) < 4.78 is 11.1. The van der Waals surface area contributed by atoms with Crippen molar-refractivity contribution in [3.05, 3.63) is 130 Å². The van der Waals surface area contributed by atoms with Gasteiger partial charge in [0.25, 0.3) is 0 Å². The SMILES string of the molecule is CCCc1ccnc(-n2c3[c-]c(Oc4[c-]c(-n5nc(C)c(-c6c(C)cc(C)cc6C)c5CCC(C)C)cc(C(C)C)c4)ccc3c3ccccc32)c1.[Pd+2]. The summed E-state index contributed by atoms with van der Waals surface area (Å²) >= 11 is 0. The predicted octanol–water partition coefficient (Wildman–Crippen LogP) is 12.3. The first-order valence-corrected chi connectivity index (χ1v) is 18.8. The molecule has 0 unspecified atom stereocenters. The molecule has 53 heavy (non-hydrogen) atoms. The van der Waals surface area contributed by atoms with Crippen molar-refractivity contribution in [1.82, 2.24) is 19.3 Å². The monoisotopic (exact) mass is 792 g/mol. The fourth-order valence-corrected chi connectivity index (χ4v) is 7.70. The molecular weight excluding hydrogens is 743 g/mol. The van der Waals surface area contributed by atoms with Gasteiger partial charge in [0.1, 0.15) is 5.82 Å². The number of aromatic nitrogens is 4. The Morgan fingerprint density at radius 1 is 0.774 bits per heavy atom. The van der Waals surface area contributed by atoms with Crippen molar-refractivity contribution < 1.29 is 25.2 Å². The Balaban J connectivity index is 0.00000481. The first kappa shape index (κ1) is 38.2. The topological polar surface area (TPSA) is 44.9 Å².